The molecule has 1 aliphatic carbocycles. The second-order valence-electron chi connectivity index (χ2n) is 12.1. The first kappa shape index (κ1) is 30.7. The first-order valence-electron chi connectivity index (χ1n) is 12.4. The zero-order valence-corrected chi connectivity index (χ0v) is 24.3. The Morgan fingerprint density at radius 3 is 2.44 bits per heavy atom. The van der Waals surface area contributed by atoms with Gasteiger partial charge in [-0.1, -0.05) is 13.8 Å². The number of rotatable bonds is 13. The van der Waals surface area contributed by atoms with Crippen LogP contribution in [0.15, 0.2) is 11.1 Å². The lowest BCUT2D eigenvalue weighted by molar-refractivity contribution is -0.160. The summed E-state index contributed by atoms with van der Waals surface area (Å²) in [4.78, 5) is 46.5. The molecule has 2 unspecified atom stereocenters. The van der Waals surface area contributed by atoms with Gasteiger partial charge in [0.25, 0.3) is 5.56 Å². The van der Waals surface area contributed by atoms with Gasteiger partial charge in [-0.15, -0.1) is 0 Å². The average molecular weight is 572 g/mol. The molecule has 0 aliphatic heterocycles. The van der Waals surface area contributed by atoms with E-state index in [4.69, 9.17) is 24.3 Å². The fraction of sp³-hybridized carbons (Fsp3) is 0.708. The van der Waals surface area contributed by atoms with E-state index in [-0.39, 0.29) is 42.1 Å². The number of imidazole rings is 1. The predicted octanol–water partition coefficient (Wildman–Crippen LogP) is 3.12. The number of hydrogen-bond donors (Lipinski definition) is 3. The number of ether oxygens (including phenoxy) is 2. The third-order valence-electron chi connectivity index (χ3n) is 6.90. The van der Waals surface area contributed by atoms with Crippen LogP contribution in [0.1, 0.15) is 61.3 Å². The smallest absolute Gasteiger partial charge is 0.359 e. The molecule has 39 heavy (non-hydrogen) atoms. The summed E-state index contributed by atoms with van der Waals surface area (Å²) in [7, 11) is -4.02. The number of esters is 1. The Bertz CT molecular complexity index is 1340. The molecule has 3 rings (SSSR count). The minimum atomic E-state index is -4.02. The van der Waals surface area contributed by atoms with E-state index in [1.807, 2.05) is 13.8 Å². The molecule has 0 aromatic carbocycles. The quantitative estimate of drug-likeness (QED) is 0.181. The maximum Gasteiger partial charge on any atom is 0.359 e. The van der Waals surface area contributed by atoms with Crippen molar-refractivity contribution in [1.82, 2.24) is 19.5 Å². The van der Waals surface area contributed by atoms with E-state index in [1.54, 1.807) is 25.3 Å². The van der Waals surface area contributed by atoms with E-state index in [2.05, 4.69) is 15.0 Å². The lowest BCUT2D eigenvalue weighted by Gasteiger charge is -2.27. The summed E-state index contributed by atoms with van der Waals surface area (Å²) in [6.07, 6.45) is 1.60. The number of aromatic nitrogens is 4. The topological polar surface area (TPSA) is 198 Å². The van der Waals surface area contributed by atoms with Gasteiger partial charge in [0, 0.05) is 0 Å². The number of fused-ring (bicyclic) bond motifs is 1. The van der Waals surface area contributed by atoms with E-state index in [1.165, 1.54) is 20.2 Å². The minimum absolute atomic E-state index is 0.0523. The van der Waals surface area contributed by atoms with Gasteiger partial charge in [0.15, 0.2) is 11.2 Å². The van der Waals surface area contributed by atoms with Crippen molar-refractivity contribution in [3.63, 3.8) is 0 Å². The molecule has 14 nitrogen and oxygen atoms in total. The number of anilines is 1. The Morgan fingerprint density at radius 2 is 1.87 bits per heavy atom. The van der Waals surface area contributed by atoms with E-state index in [9.17, 15) is 24.1 Å². The molecule has 2 aromatic rings. The van der Waals surface area contributed by atoms with Gasteiger partial charge in [-0.2, -0.15) is 4.98 Å². The zero-order valence-electron chi connectivity index (χ0n) is 23.4. The van der Waals surface area contributed by atoms with Crippen molar-refractivity contribution >= 4 is 36.6 Å². The van der Waals surface area contributed by atoms with Gasteiger partial charge >= 0.3 is 19.5 Å². The van der Waals surface area contributed by atoms with Gasteiger partial charge in [-0.25, -0.2) is 4.98 Å². The molecule has 0 bridgehead atoms. The Balaban J connectivity index is 1.77. The highest BCUT2D eigenvalue weighted by molar-refractivity contribution is 7.53. The third-order valence-corrected chi connectivity index (χ3v) is 8.42. The van der Waals surface area contributed by atoms with Crippen LogP contribution >= 0.6 is 7.60 Å². The number of nitrogen functional groups attached to an aromatic ring is 1. The molecule has 0 saturated heterocycles. The summed E-state index contributed by atoms with van der Waals surface area (Å²) in [5.74, 6) is -1.65. The van der Waals surface area contributed by atoms with Crippen molar-refractivity contribution in [3.05, 3.63) is 16.7 Å². The minimum Gasteiger partial charge on any atom is -0.481 e. The number of carbonyl (C=O) groups excluding carboxylic acids is 1. The molecule has 2 atom stereocenters. The average Bonchev–Trinajstić information content (AvgIpc) is 3.11. The molecule has 1 fully saturated rings. The number of carboxylic acid groups (broad SMARTS) is 1. The van der Waals surface area contributed by atoms with Crippen molar-refractivity contribution in [2.24, 2.45) is 16.2 Å². The Hall–Kier alpha value is -2.80. The van der Waals surface area contributed by atoms with Gasteiger partial charge in [0.05, 0.1) is 35.9 Å². The molecule has 0 amide bonds. The number of carbonyl (C=O) groups is 2. The van der Waals surface area contributed by atoms with Crippen LogP contribution in [0.4, 0.5) is 5.95 Å². The third kappa shape index (κ3) is 7.05. The van der Waals surface area contributed by atoms with E-state index in [0.29, 0.717) is 6.42 Å². The van der Waals surface area contributed by atoms with Crippen molar-refractivity contribution in [2.75, 3.05) is 25.5 Å². The molecule has 0 spiro atoms. The molecular formula is C24H38N5O9P. The molecule has 2 heterocycles. The van der Waals surface area contributed by atoms with Crippen LogP contribution in [-0.2, 0) is 39.2 Å². The van der Waals surface area contributed by atoms with Gasteiger partial charge in [0.1, 0.15) is 6.35 Å². The van der Waals surface area contributed by atoms with Crippen LogP contribution in [0.25, 0.3) is 11.2 Å². The normalized spacial score (nSPS) is 20.5. The Kier molecular flexibility index (Phi) is 8.39. The first-order chi connectivity index (χ1) is 17.8. The van der Waals surface area contributed by atoms with Gasteiger partial charge in [-0.3, -0.25) is 28.5 Å². The Morgan fingerprint density at radius 1 is 1.23 bits per heavy atom. The van der Waals surface area contributed by atoms with Crippen LogP contribution < -0.4 is 11.3 Å². The number of carboxylic acids is 1. The fourth-order valence-corrected chi connectivity index (χ4v) is 5.04. The van der Waals surface area contributed by atoms with Gasteiger partial charge in [-0.05, 0) is 52.9 Å². The summed E-state index contributed by atoms with van der Waals surface area (Å²) < 4.78 is 37.6. The standard InChI is InChI=1S/C24H38N5O9P/c1-21(2,3)19(33)35-13-38-39(34,37-9-8-22(4,5)18(31)32)14-36-24(10-23(24,6)7)11-29-12-26-15-16(29)27-20(25)28-17(15)30/h12H,8-11,13-14H2,1-7H3,(H,31,32)(H3,25,27,28,30). The summed E-state index contributed by atoms with van der Waals surface area (Å²) in [5.41, 5.74) is 2.52. The number of hydrogen-bond acceptors (Lipinski definition) is 11. The van der Waals surface area contributed by atoms with Crippen LogP contribution in [0, 0.1) is 16.2 Å². The molecule has 2 aromatic heterocycles. The number of nitrogens with zero attached hydrogens (tertiary/aromatic N) is 3. The molecular weight excluding hydrogens is 533 g/mol. The lowest BCUT2D eigenvalue weighted by Crippen LogP contribution is -2.29. The van der Waals surface area contributed by atoms with Crippen molar-refractivity contribution in [3.8, 4) is 0 Å². The number of H-pyrrole nitrogens is 1. The SMILES string of the molecule is CC(C)(C)C(=O)OCOP(=O)(COC1(Cn2cnc3c(=O)[nH]c(N)nc32)CC1(C)C)OCCC(C)(C)C(=O)O. The van der Waals surface area contributed by atoms with Crippen LogP contribution in [0.3, 0.4) is 0 Å². The molecule has 1 aliphatic rings. The van der Waals surface area contributed by atoms with Gasteiger partial charge in [0.2, 0.25) is 12.7 Å². The second kappa shape index (κ2) is 10.6. The number of aromatic amines is 1. The van der Waals surface area contributed by atoms with E-state index >= 15 is 0 Å². The number of nitrogens with one attached hydrogen (secondary N) is 1. The van der Waals surface area contributed by atoms with E-state index in [0.717, 1.165) is 0 Å². The van der Waals surface area contributed by atoms with Crippen LogP contribution in [-0.4, -0.2) is 61.9 Å². The number of aliphatic carboxylic acids is 1. The van der Waals surface area contributed by atoms with Crippen molar-refractivity contribution < 1.29 is 37.8 Å². The maximum atomic E-state index is 13.7. The van der Waals surface area contributed by atoms with Crippen LogP contribution in [0.2, 0.25) is 0 Å². The summed E-state index contributed by atoms with van der Waals surface area (Å²) in [6, 6.07) is 0. The largest absolute Gasteiger partial charge is 0.481 e. The second-order valence-corrected chi connectivity index (χ2v) is 14.1. The monoisotopic (exact) mass is 571 g/mol. The zero-order chi connectivity index (χ0) is 29.4. The molecule has 1 saturated carbocycles. The first-order valence-corrected chi connectivity index (χ1v) is 14.2. The molecule has 4 N–H and O–H groups in total. The van der Waals surface area contributed by atoms with Crippen molar-refractivity contribution in [2.45, 2.75) is 73.5 Å². The highest BCUT2D eigenvalue weighted by Crippen LogP contribution is 2.62. The fourth-order valence-electron chi connectivity index (χ4n) is 3.83. The van der Waals surface area contributed by atoms with Crippen molar-refractivity contribution in [1.29, 1.82) is 0 Å². The van der Waals surface area contributed by atoms with Gasteiger partial charge < -0.3 is 29.4 Å². The molecule has 15 heteroatoms. The Labute approximate surface area is 226 Å². The summed E-state index contributed by atoms with van der Waals surface area (Å²) >= 11 is 0. The summed E-state index contributed by atoms with van der Waals surface area (Å²) in [5, 5.41) is 9.38. The lowest BCUT2D eigenvalue weighted by atomic mass is 9.90. The predicted molar refractivity (Wildman–Crippen MR) is 141 cm³/mol. The van der Waals surface area contributed by atoms with Crippen LogP contribution in [0.5, 0.6) is 0 Å². The molecule has 0 radical (unpaired) electrons. The highest BCUT2D eigenvalue weighted by Gasteiger charge is 2.63. The number of nitrogens with two attached hydrogens (primary N) is 1. The summed E-state index contributed by atoms with van der Waals surface area (Å²) in [6.45, 7) is 11.4. The molecule has 218 valence electrons. The van der Waals surface area contributed by atoms with E-state index < -0.39 is 54.7 Å². The highest BCUT2D eigenvalue weighted by atomic mass is 31.2. The maximum absolute atomic E-state index is 13.7.